The van der Waals surface area contributed by atoms with Crippen molar-refractivity contribution in [3.63, 3.8) is 0 Å². The van der Waals surface area contributed by atoms with E-state index in [1.165, 1.54) is 0 Å². The molecule has 2 rings (SSSR count). The largest absolute Gasteiger partial charge is 0.378 e. The van der Waals surface area contributed by atoms with Crippen molar-refractivity contribution in [1.29, 1.82) is 0 Å². The van der Waals surface area contributed by atoms with E-state index in [0.717, 1.165) is 30.6 Å². The van der Waals surface area contributed by atoms with Gasteiger partial charge in [0.15, 0.2) is 5.78 Å². The number of Topliss-reactive ketones (excluding diaryl/α,β-unsaturated/α-hetero) is 1. The van der Waals surface area contributed by atoms with E-state index in [1.807, 2.05) is 26.0 Å². The van der Waals surface area contributed by atoms with Gasteiger partial charge in [-0.2, -0.15) is 0 Å². The average Bonchev–Trinajstić information content (AvgIpc) is 2.76. The topological polar surface area (TPSA) is 26.3 Å². The number of ether oxygens (including phenoxy) is 1. The Morgan fingerprint density at radius 2 is 2.12 bits per heavy atom. The van der Waals surface area contributed by atoms with E-state index in [1.54, 1.807) is 0 Å². The third-order valence-electron chi connectivity index (χ3n) is 3.32. The molecule has 1 aromatic rings. The van der Waals surface area contributed by atoms with Gasteiger partial charge in [0.2, 0.25) is 0 Å². The van der Waals surface area contributed by atoms with Crippen molar-refractivity contribution in [3.05, 3.63) is 33.8 Å². The Kier molecular flexibility index (Phi) is 3.85. The Labute approximate surface area is 107 Å². The van der Waals surface area contributed by atoms with Crippen LogP contribution in [0.25, 0.3) is 0 Å². The predicted molar refractivity (Wildman–Crippen MR) is 68.8 cm³/mol. The van der Waals surface area contributed by atoms with Gasteiger partial charge in [-0.1, -0.05) is 11.6 Å². The van der Waals surface area contributed by atoms with Crippen molar-refractivity contribution < 1.29 is 9.53 Å². The fourth-order valence-electron chi connectivity index (χ4n) is 2.12. The minimum atomic E-state index is 0.0835. The smallest absolute Gasteiger partial charge is 0.166 e. The van der Waals surface area contributed by atoms with Gasteiger partial charge in [0, 0.05) is 18.6 Å². The molecule has 1 saturated heterocycles. The summed E-state index contributed by atoms with van der Waals surface area (Å²) in [7, 11) is 0. The lowest BCUT2D eigenvalue weighted by atomic mass is 9.99. The second-order valence-electron chi connectivity index (χ2n) is 4.68. The number of ketones is 1. The lowest BCUT2D eigenvalue weighted by Crippen LogP contribution is -2.13. The van der Waals surface area contributed by atoms with Gasteiger partial charge in [0.25, 0.3) is 0 Å². The maximum Gasteiger partial charge on any atom is 0.166 e. The molecule has 17 heavy (non-hydrogen) atoms. The molecular weight excluding hydrogens is 236 g/mol. The Hall–Kier alpha value is -0.860. The molecule has 3 heteroatoms. The number of aryl methyl sites for hydroxylation is 2. The average molecular weight is 253 g/mol. The van der Waals surface area contributed by atoms with Crippen LogP contribution in [0.3, 0.4) is 0 Å². The molecule has 1 heterocycles. The van der Waals surface area contributed by atoms with Gasteiger partial charge >= 0.3 is 0 Å². The summed E-state index contributed by atoms with van der Waals surface area (Å²) in [5.41, 5.74) is 2.85. The first-order valence-corrected chi connectivity index (χ1v) is 6.37. The normalized spacial score (nSPS) is 19.6. The minimum Gasteiger partial charge on any atom is -0.378 e. The molecule has 0 aromatic heterocycles. The van der Waals surface area contributed by atoms with Crippen molar-refractivity contribution >= 4 is 17.4 Å². The van der Waals surface area contributed by atoms with E-state index in [9.17, 15) is 4.79 Å². The van der Waals surface area contributed by atoms with Gasteiger partial charge in [0.1, 0.15) is 0 Å². The third-order valence-corrected chi connectivity index (χ3v) is 3.63. The maximum absolute atomic E-state index is 12.1. The molecule has 1 atom stereocenters. The fraction of sp³-hybridized carbons (Fsp3) is 0.500. The van der Waals surface area contributed by atoms with Crippen LogP contribution in [0.4, 0.5) is 0 Å². The molecule has 0 saturated carbocycles. The predicted octanol–water partition coefficient (Wildman–Crippen LogP) is 3.71. The second kappa shape index (κ2) is 5.19. The SMILES string of the molecule is Cc1cc(Cl)c(C(=O)CC2CCCO2)cc1C. The number of benzene rings is 1. The molecule has 0 bridgehead atoms. The molecule has 1 aliphatic rings. The van der Waals surface area contributed by atoms with Gasteiger partial charge in [-0.25, -0.2) is 0 Å². The number of carbonyl (C=O) groups is 1. The van der Waals surface area contributed by atoms with Crippen molar-refractivity contribution in [2.75, 3.05) is 6.61 Å². The molecule has 1 unspecified atom stereocenters. The van der Waals surface area contributed by atoms with E-state index < -0.39 is 0 Å². The fourth-order valence-corrected chi connectivity index (χ4v) is 2.44. The van der Waals surface area contributed by atoms with Crippen molar-refractivity contribution in [2.45, 2.75) is 39.2 Å². The number of carbonyl (C=O) groups excluding carboxylic acids is 1. The first-order valence-electron chi connectivity index (χ1n) is 5.99. The first-order chi connectivity index (χ1) is 8.08. The summed E-state index contributed by atoms with van der Waals surface area (Å²) < 4.78 is 5.48. The Bertz CT molecular complexity index is 434. The van der Waals surface area contributed by atoms with Crippen LogP contribution in [0.5, 0.6) is 0 Å². The Balaban J connectivity index is 2.15. The van der Waals surface area contributed by atoms with Gasteiger partial charge in [-0.15, -0.1) is 0 Å². The molecule has 0 radical (unpaired) electrons. The summed E-state index contributed by atoms with van der Waals surface area (Å²) in [4.78, 5) is 12.1. The molecule has 0 amide bonds. The van der Waals surface area contributed by atoms with Crippen LogP contribution in [0.2, 0.25) is 5.02 Å². The summed E-state index contributed by atoms with van der Waals surface area (Å²) in [5, 5.41) is 0.552. The van der Waals surface area contributed by atoms with Crippen molar-refractivity contribution in [3.8, 4) is 0 Å². The molecule has 2 nitrogen and oxygen atoms in total. The molecule has 0 N–H and O–H groups in total. The van der Waals surface area contributed by atoms with Crippen LogP contribution in [0.1, 0.15) is 40.7 Å². The molecule has 92 valence electrons. The van der Waals surface area contributed by atoms with Gasteiger partial charge in [-0.3, -0.25) is 4.79 Å². The highest BCUT2D eigenvalue weighted by Gasteiger charge is 2.21. The molecule has 1 aliphatic heterocycles. The zero-order valence-corrected chi connectivity index (χ0v) is 11.0. The monoisotopic (exact) mass is 252 g/mol. The zero-order valence-electron chi connectivity index (χ0n) is 10.3. The van der Waals surface area contributed by atoms with Crippen LogP contribution in [0.15, 0.2) is 12.1 Å². The molecule has 0 spiro atoms. The van der Waals surface area contributed by atoms with E-state index >= 15 is 0 Å². The van der Waals surface area contributed by atoms with Crippen LogP contribution >= 0.6 is 11.6 Å². The third kappa shape index (κ3) is 2.88. The number of hydrogen-bond donors (Lipinski definition) is 0. The first kappa shape index (κ1) is 12.6. The number of hydrogen-bond acceptors (Lipinski definition) is 2. The number of halogens is 1. The molecular formula is C14H17ClO2. The van der Waals surface area contributed by atoms with Crippen LogP contribution < -0.4 is 0 Å². The molecule has 1 fully saturated rings. The lowest BCUT2D eigenvalue weighted by Gasteiger charge is -2.11. The van der Waals surface area contributed by atoms with Crippen LogP contribution in [0, 0.1) is 13.8 Å². The Morgan fingerprint density at radius 3 is 2.76 bits per heavy atom. The van der Waals surface area contributed by atoms with E-state index in [4.69, 9.17) is 16.3 Å². The summed E-state index contributed by atoms with van der Waals surface area (Å²) >= 11 is 6.12. The summed E-state index contributed by atoms with van der Waals surface area (Å²) in [6.07, 6.45) is 2.56. The Morgan fingerprint density at radius 1 is 1.41 bits per heavy atom. The minimum absolute atomic E-state index is 0.0835. The van der Waals surface area contributed by atoms with E-state index in [0.29, 0.717) is 17.0 Å². The van der Waals surface area contributed by atoms with Crippen molar-refractivity contribution in [1.82, 2.24) is 0 Å². The standard InChI is InChI=1S/C14H17ClO2/c1-9-6-12(13(15)7-10(9)2)14(16)8-11-4-3-5-17-11/h6-7,11H,3-5,8H2,1-2H3. The molecule has 0 aliphatic carbocycles. The van der Waals surface area contributed by atoms with Crippen LogP contribution in [-0.4, -0.2) is 18.5 Å². The lowest BCUT2D eigenvalue weighted by molar-refractivity contribution is 0.0775. The van der Waals surface area contributed by atoms with Crippen molar-refractivity contribution in [2.24, 2.45) is 0 Å². The van der Waals surface area contributed by atoms with E-state index in [2.05, 4.69) is 0 Å². The van der Waals surface area contributed by atoms with Crippen LogP contribution in [-0.2, 0) is 4.74 Å². The summed E-state index contributed by atoms with van der Waals surface area (Å²) in [6.45, 7) is 4.77. The second-order valence-corrected chi connectivity index (χ2v) is 5.09. The van der Waals surface area contributed by atoms with E-state index in [-0.39, 0.29) is 11.9 Å². The highest BCUT2D eigenvalue weighted by Crippen LogP contribution is 2.24. The summed E-state index contributed by atoms with van der Waals surface area (Å²) in [5.74, 6) is 0.0880. The van der Waals surface area contributed by atoms with Gasteiger partial charge in [0.05, 0.1) is 11.1 Å². The highest BCUT2D eigenvalue weighted by molar-refractivity contribution is 6.34. The molecule has 1 aromatic carbocycles. The van der Waals surface area contributed by atoms with Gasteiger partial charge in [-0.05, 0) is 49.9 Å². The quantitative estimate of drug-likeness (QED) is 0.767. The number of rotatable bonds is 3. The summed E-state index contributed by atoms with van der Waals surface area (Å²) in [6, 6.07) is 3.74. The zero-order chi connectivity index (χ0) is 12.4. The van der Waals surface area contributed by atoms with Gasteiger partial charge < -0.3 is 4.74 Å². The highest BCUT2D eigenvalue weighted by atomic mass is 35.5. The maximum atomic E-state index is 12.1.